The Balaban J connectivity index is 1.63. The Kier molecular flexibility index (Phi) is 3.73. The number of hydrogen-bond donors (Lipinski definition) is 2. The van der Waals surface area contributed by atoms with Gasteiger partial charge in [-0.15, -0.1) is 0 Å². The minimum absolute atomic E-state index is 0.0809. The molecule has 0 amide bonds. The molecule has 8 nitrogen and oxygen atoms in total. The third kappa shape index (κ3) is 2.76. The number of aromatic nitrogens is 4. The molecule has 0 atom stereocenters. The van der Waals surface area contributed by atoms with Gasteiger partial charge in [0, 0.05) is 6.54 Å². The van der Waals surface area contributed by atoms with Crippen LogP contribution in [0.25, 0.3) is 22.6 Å². The van der Waals surface area contributed by atoms with Gasteiger partial charge >= 0.3 is 5.69 Å². The average molecular weight is 326 g/mol. The Bertz CT molecular complexity index is 878. The Hall–Kier alpha value is -2.74. The molecule has 0 aliphatic carbocycles. The van der Waals surface area contributed by atoms with Crippen molar-refractivity contribution in [2.24, 2.45) is 0 Å². The predicted molar refractivity (Wildman–Crippen MR) is 89.5 cm³/mol. The van der Waals surface area contributed by atoms with Crippen LogP contribution in [0, 0.1) is 10.1 Å². The summed E-state index contributed by atoms with van der Waals surface area (Å²) in [6.07, 6.45) is 5.05. The van der Waals surface area contributed by atoms with E-state index >= 15 is 0 Å². The number of piperidine rings is 1. The predicted octanol–water partition coefficient (Wildman–Crippen LogP) is 2.85. The molecule has 0 spiro atoms. The van der Waals surface area contributed by atoms with Crippen molar-refractivity contribution in [2.75, 3.05) is 13.1 Å². The molecule has 0 unspecified atom stereocenters. The molecule has 1 aliphatic rings. The van der Waals surface area contributed by atoms with Gasteiger partial charge in [-0.25, -0.2) is 4.98 Å². The Labute approximate surface area is 138 Å². The molecular formula is C16H18N6O2. The van der Waals surface area contributed by atoms with Gasteiger partial charge in [-0.2, -0.15) is 5.10 Å². The molecule has 0 radical (unpaired) electrons. The lowest BCUT2D eigenvalue weighted by atomic mass is 10.1. The second-order valence-corrected chi connectivity index (χ2v) is 6.16. The maximum Gasteiger partial charge on any atom is 0.317 e. The normalized spacial score (nSPS) is 15.8. The van der Waals surface area contributed by atoms with Crippen molar-refractivity contribution in [3.63, 3.8) is 0 Å². The summed E-state index contributed by atoms with van der Waals surface area (Å²) in [7, 11) is 0. The molecule has 2 N–H and O–H groups in total. The Morgan fingerprint density at radius 1 is 1.25 bits per heavy atom. The maximum atomic E-state index is 11.0. The Morgan fingerprint density at radius 3 is 2.88 bits per heavy atom. The van der Waals surface area contributed by atoms with Crippen LogP contribution in [0.5, 0.6) is 0 Å². The minimum Gasteiger partial charge on any atom is -0.336 e. The van der Waals surface area contributed by atoms with Crippen LogP contribution in [0.15, 0.2) is 24.4 Å². The molecule has 3 aromatic rings. The zero-order chi connectivity index (χ0) is 16.5. The first-order valence-electron chi connectivity index (χ1n) is 8.10. The van der Waals surface area contributed by atoms with Crippen LogP contribution in [0.2, 0.25) is 0 Å². The van der Waals surface area contributed by atoms with Gasteiger partial charge in [0.25, 0.3) is 0 Å². The Morgan fingerprint density at radius 2 is 2.08 bits per heavy atom. The lowest BCUT2D eigenvalue weighted by molar-refractivity contribution is -0.384. The summed E-state index contributed by atoms with van der Waals surface area (Å²) in [5.41, 5.74) is 3.11. The second kappa shape index (κ2) is 6.04. The quantitative estimate of drug-likeness (QED) is 0.567. The van der Waals surface area contributed by atoms with Crippen molar-refractivity contribution in [3.05, 3.63) is 40.1 Å². The topological polar surface area (TPSA) is 104 Å². The maximum absolute atomic E-state index is 11.0. The monoisotopic (exact) mass is 326 g/mol. The van der Waals surface area contributed by atoms with Gasteiger partial charge in [-0.05, 0) is 43.6 Å². The molecule has 2 aromatic heterocycles. The van der Waals surface area contributed by atoms with Crippen LogP contribution >= 0.6 is 0 Å². The highest BCUT2D eigenvalue weighted by atomic mass is 16.6. The number of aromatic amines is 2. The molecule has 4 rings (SSSR count). The number of imidazole rings is 1. The van der Waals surface area contributed by atoms with Crippen molar-refractivity contribution in [2.45, 2.75) is 25.8 Å². The molecule has 1 fully saturated rings. The van der Waals surface area contributed by atoms with E-state index in [4.69, 9.17) is 0 Å². The van der Waals surface area contributed by atoms with Crippen LogP contribution < -0.4 is 0 Å². The summed E-state index contributed by atoms with van der Waals surface area (Å²) in [5, 5.41) is 17.4. The van der Waals surface area contributed by atoms with Gasteiger partial charge in [-0.3, -0.25) is 20.1 Å². The number of hydrogen-bond acceptors (Lipinski definition) is 5. The van der Waals surface area contributed by atoms with Gasteiger partial charge in [0.2, 0.25) is 0 Å². The molecule has 1 aromatic carbocycles. The van der Waals surface area contributed by atoms with E-state index in [2.05, 4.69) is 37.2 Å². The fourth-order valence-electron chi connectivity index (χ4n) is 3.24. The standard InChI is InChI=1S/C16H18N6O2/c23-22(24)14-9-17-20-15(14)16-18-12-5-4-11(8-13(12)19-16)10-21-6-2-1-3-7-21/h4-5,8-9H,1-3,6-7,10H2,(H,17,20)(H,18,19). The molecular weight excluding hydrogens is 308 g/mol. The molecule has 3 heterocycles. The van der Waals surface area contributed by atoms with E-state index in [1.165, 1.54) is 31.0 Å². The number of nitrogens with one attached hydrogen (secondary N) is 2. The SMILES string of the molecule is O=[N+]([O-])c1cn[nH]c1-c1nc2ccc(CN3CCCCC3)cc2[nH]1. The van der Waals surface area contributed by atoms with Crippen LogP contribution in [-0.4, -0.2) is 43.1 Å². The van der Waals surface area contributed by atoms with E-state index in [1.807, 2.05) is 6.07 Å². The molecule has 24 heavy (non-hydrogen) atoms. The zero-order valence-electron chi connectivity index (χ0n) is 13.2. The number of benzene rings is 1. The van der Waals surface area contributed by atoms with E-state index < -0.39 is 4.92 Å². The summed E-state index contributed by atoms with van der Waals surface area (Å²) in [5.74, 6) is 0.435. The van der Waals surface area contributed by atoms with Crippen LogP contribution in [0.1, 0.15) is 24.8 Å². The molecule has 8 heteroatoms. The van der Waals surface area contributed by atoms with E-state index in [-0.39, 0.29) is 5.69 Å². The smallest absolute Gasteiger partial charge is 0.317 e. The first-order valence-corrected chi connectivity index (χ1v) is 8.10. The number of fused-ring (bicyclic) bond motifs is 1. The number of nitrogens with zero attached hydrogens (tertiary/aromatic N) is 4. The van der Waals surface area contributed by atoms with Crippen LogP contribution in [0.4, 0.5) is 5.69 Å². The highest BCUT2D eigenvalue weighted by molar-refractivity contribution is 5.80. The van der Waals surface area contributed by atoms with E-state index in [1.54, 1.807) is 0 Å². The first kappa shape index (κ1) is 14.8. The molecule has 1 aliphatic heterocycles. The third-order valence-corrected chi connectivity index (χ3v) is 4.45. The number of rotatable bonds is 4. The fraction of sp³-hybridized carbons (Fsp3) is 0.375. The van der Waals surface area contributed by atoms with E-state index in [9.17, 15) is 10.1 Å². The minimum atomic E-state index is -0.464. The van der Waals surface area contributed by atoms with Crippen molar-refractivity contribution in [3.8, 4) is 11.5 Å². The van der Waals surface area contributed by atoms with Crippen molar-refractivity contribution < 1.29 is 4.92 Å². The average Bonchev–Trinajstić information content (AvgIpc) is 3.22. The van der Waals surface area contributed by atoms with Gasteiger partial charge in [0.15, 0.2) is 11.5 Å². The van der Waals surface area contributed by atoms with E-state index in [0.29, 0.717) is 11.5 Å². The lowest BCUT2D eigenvalue weighted by Gasteiger charge is -2.26. The third-order valence-electron chi connectivity index (χ3n) is 4.45. The number of likely N-dealkylation sites (tertiary alicyclic amines) is 1. The highest BCUT2D eigenvalue weighted by Gasteiger charge is 2.20. The van der Waals surface area contributed by atoms with Crippen molar-refractivity contribution in [1.29, 1.82) is 0 Å². The second-order valence-electron chi connectivity index (χ2n) is 6.16. The first-order chi connectivity index (χ1) is 11.7. The summed E-state index contributed by atoms with van der Waals surface area (Å²) in [4.78, 5) is 20.6. The molecule has 0 bridgehead atoms. The van der Waals surface area contributed by atoms with Crippen molar-refractivity contribution in [1.82, 2.24) is 25.1 Å². The van der Waals surface area contributed by atoms with Crippen LogP contribution in [0.3, 0.4) is 0 Å². The lowest BCUT2D eigenvalue weighted by Crippen LogP contribution is -2.29. The number of nitro groups is 1. The van der Waals surface area contributed by atoms with Gasteiger partial charge in [-0.1, -0.05) is 12.5 Å². The summed E-state index contributed by atoms with van der Waals surface area (Å²) in [6.45, 7) is 3.22. The molecule has 1 saturated heterocycles. The fourth-order valence-corrected chi connectivity index (χ4v) is 3.24. The van der Waals surface area contributed by atoms with Gasteiger partial charge in [0.1, 0.15) is 6.20 Å². The van der Waals surface area contributed by atoms with E-state index in [0.717, 1.165) is 30.7 Å². The van der Waals surface area contributed by atoms with Gasteiger partial charge in [0.05, 0.1) is 16.0 Å². The van der Waals surface area contributed by atoms with Crippen LogP contribution in [-0.2, 0) is 6.54 Å². The largest absolute Gasteiger partial charge is 0.336 e. The molecule has 124 valence electrons. The van der Waals surface area contributed by atoms with Gasteiger partial charge < -0.3 is 4.98 Å². The summed E-state index contributed by atoms with van der Waals surface area (Å²) in [6, 6.07) is 6.10. The summed E-state index contributed by atoms with van der Waals surface area (Å²) >= 11 is 0. The summed E-state index contributed by atoms with van der Waals surface area (Å²) < 4.78 is 0. The molecule has 0 saturated carbocycles. The zero-order valence-corrected chi connectivity index (χ0v) is 13.2. The highest BCUT2D eigenvalue weighted by Crippen LogP contribution is 2.27. The van der Waals surface area contributed by atoms with Crippen molar-refractivity contribution >= 4 is 16.7 Å². The number of H-pyrrole nitrogens is 2.